The molecule has 0 radical (unpaired) electrons. The van der Waals surface area contributed by atoms with Crippen LogP contribution in [0.4, 0.5) is 24.9 Å². The van der Waals surface area contributed by atoms with Gasteiger partial charge in [0.25, 0.3) is 0 Å². The van der Waals surface area contributed by atoms with E-state index in [4.69, 9.17) is 5.73 Å². The second-order valence-corrected chi connectivity index (χ2v) is 5.53. The number of thiazole rings is 1. The molecular formula is C12H14F3N5S. The molecule has 0 aliphatic heterocycles. The molecule has 21 heavy (non-hydrogen) atoms. The van der Waals surface area contributed by atoms with Crippen LogP contribution < -0.4 is 11.1 Å². The first-order valence-corrected chi connectivity index (χ1v) is 7.04. The molecule has 0 amide bonds. The number of rotatable bonds is 4. The summed E-state index contributed by atoms with van der Waals surface area (Å²) >= 11 is 1.50. The molecule has 1 atom stereocenters. The van der Waals surface area contributed by atoms with Crippen LogP contribution in [0.3, 0.4) is 0 Å². The van der Waals surface area contributed by atoms with Crippen molar-refractivity contribution in [3.05, 3.63) is 27.8 Å². The summed E-state index contributed by atoms with van der Waals surface area (Å²) in [6, 6.07) is 0.562. The van der Waals surface area contributed by atoms with Gasteiger partial charge in [0.05, 0.1) is 6.04 Å². The quantitative estimate of drug-likeness (QED) is 0.905. The highest BCUT2D eigenvalue weighted by Gasteiger charge is 2.33. The predicted octanol–water partition coefficient (Wildman–Crippen LogP) is 3.27. The van der Waals surface area contributed by atoms with E-state index in [9.17, 15) is 13.2 Å². The van der Waals surface area contributed by atoms with Crippen LogP contribution in [0.5, 0.6) is 0 Å². The van der Waals surface area contributed by atoms with E-state index < -0.39 is 17.8 Å². The zero-order valence-electron chi connectivity index (χ0n) is 11.4. The van der Waals surface area contributed by atoms with Gasteiger partial charge in [-0.3, -0.25) is 0 Å². The molecule has 0 saturated heterocycles. The van der Waals surface area contributed by atoms with E-state index >= 15 is 0 Å². The Balaban J connectivity index is 2.20. The average molecular weight is 317 g/mol. The highest BCUT2D eigenvalue weighted by molar-refractivity contribution is 7.11. The Bertz CT molecular complexity index is 626. The second-order valence-electron chi connectivity index (χ2n) is 4.38. The minimum Gasteiger partial charge on any atom is -0.368 e. The van der Waals surface area contributed by atoms with Crippen molar-refractivity contribution in [1.29, 1.82) is 0 Å². The minimum atomic E-state index is -4.56. The normalized spacial score (nSPS) is 13.2. The van der Waals surface area contributed by atoms with Gasteiger partial charge in [-0.05, 0) is 13.3 Å². The number of hydrogen-bond acceptors (Lipinski definition) is 6. The molecule has 2 rings (SSSR count). The Labute approximate surface area is 123 Å². The lowest BCUT2D eigenvalue weighted by Crippen LogP contribution is -2.14. The van der Waals surface area contributed by atoms with Gasteiger partial charge in [0.2, 0.25) is 5.95 Å². The zero-order valence-corrected chi connectivity index (χ0v) is 12.2. The lowest BCUT2D eigenvalue weighted by atomic mass is 10.3. The summed E-state index contributed by atoms with van der Waals surface area (Å²) in [5.41, 5.74) is 4.25. The number of anilines is 2. The summed E-state index contributed by atoms with van der Waals surface area (Å²) in [6.45, 7) is 3.81. The van der Waals surface area contributed by atoms with Crippen LogP contribution in [0.25, 0.3) is 0 Å². The lowest BCUT2D eigenvalue weighted by molar-refractivity contribution is -0.141. The van der Waals surface area contributed by atoms with Crippen molar-refractivity contribution in [2.75, 3.05) is 11.1 Å². The van der Waals surface area contributed by atoms with Gasteiger partial charge in [-0.1, -0.05) is 6.92 Å². The van der Waals surface area contributed by atoms with Crippen LogP contribution in [0, 0.1) is 0 Å². The molecule has 3 N–H and O–H groups in total. The molecule has 9 heteroatoms. The number of nitrogen functional groups attached to an aromatic ring is 1. The first kappa shape index (κ1) is 15.5. The topological polar surface area (TPSA) is 76.7 Å². The summed E-state index contributed by atoms with van der Waals surface area (Å²) in [5.74, 6) is -0.400. The third kappa shape index (κ3) is 3.81. The maximum absolute atomic E-state index is 12.7. The largest absolute Gasteiger partial charge is 0.433 e. The van der Waals surface area contributed by atoms with Crippen molar-refractivity contribution >= 4 is 23.1 Å². The van der Waals surface area contributed by atoms with Crippen LogP contribution in [0.1, 0.15) is 35.5 Å². The molecule has 0 aliphatic rings. The SMILES string of the molecule is CCc1cnc(C(C)Nc2cc(C(F)(F)F)nc(N)n2)s1. The van der Waals surface area contributed by atoms with Crippen LogP contribution >= 0.6 is 11.3 Å². The van der Waals surface area contributed by atoms with Crippen molar-refractivity contribution in [3.63, 3.8) is 0 Å². The zero-order chi connectivity index (χ0) is 15.6. The molecule has 0 aliphatic carbocycles. The maximum Gasteiger partial charge on any atom is 0.433 e. The molecule has 2 aromatic rings. The van der Waals surface area contributed by atoms with Gasteiger partial charge in [-0.2, -0.15) is 18.2 Å². The Hall–Kier alpha value is -1.90. The molecular weight excluding hydrogens is 303 g/mol. The van der Waals surface area contributed by atoms with Crippen molar-refractivity contribution in [2.45, 2.75) is 32.5 Å². The Morgan fingerprint density at radius 3 is 2.67 bits per heavy atom. The van der Waals surface area contributed by atoms with Crippen LogP contribution in [0.2, 0.25) is 0 Å². The van der Waals surface area contributed by atoms with Gasteiger partial charge in [-0.15, -0.1) is 11.3 Å². The van der Waals surface area contributed by atoms with Crippen molar-refractivity contribution in [1.82, 2.24) is 15.0 Å². The van der Waals surface area contributed by atoms with Gasteiger partial charge in [0.15, 0.2) is 5.69 Å². The van der Waals surface area contributed by atoms with Crippen molar-refractivity contribution in [3.8, 4) is 0 Å². The second kappa shape index (κ2) is 5.84. The smallest absolute Gasteiger partial charge is 0.368 e. The van der Waals surface area contributed by atoms with E-state index in [2.05, 4.69) is 20.3 Å². The molecule has 2 heterocycles. The van der Waals surface area contributed by atoms with Gasteiger partial charge in [-0.25, -0.2) is 9.97 Å². The van der Waals surface area contributed by atoms with Crippen molar-refractivity contribution in [2.24, 2.45) is 0 Å². The number of halogens is 3. The fourth-order valence-corrected chi connectivity index (χ4v) is 2.51. The molecule has 2 aromatic heterocycles. The summed E-state index contributed by atoms with van der Waals surface area (Å²) in [6.07, 6.45) is -1.94. The summed E-state index contributed by atoms with van der Waals surface area (Å²) in [4.78, 5) is 12.3. The van der Waals surface area contributed by atoms with Gasteiger partial charge >= 0.3 is 6.18 Å². The molecule has 0 aromatic carbocycles. The van der Waals surface area contributed by atoms with E-state index in [0.717, 1.165) is 22.4 Å². The summed E-state index contributed by atoms with van der Waals surface area (Å²) < 4.78 is 38.0. The van der Waals surface area contributed by atoms with Gasteiger partial charge in [0, 0.05) is 17.1 Å². The first-order valence-electron chi connectivity index (χ1n) is 6.22. The van der Waals surface area contributed by atoms with Crippen LogP contribution in [0.15, 0.2) is 12.3 Å². The third-order valence-corrected chi connectivity index (χ3v) is 4.01. The monoisotopic (exact) mass is 317 g/mol. The highest BCUT2D eigenvalue weighted by atomic mass is 32.1. The fourth-order valence-electron chi connectivity index (χ4n) is 1.65. The molecule has 5 nitrogen and oxygen atoms in total. The number of hydrogen-bond donors (Lipinski definition) is 2. The maximum atomic E-state index is 12.7. The lowest BCUT2D eigenvalue weighted by Gasteiger charge is -2.14. The predicted molar refractivity (Wildman–Crippen MR) is 75.0 cm³/mol. The summed E-state index contributed by atoms with van der Waals surface area (Å²) in [5, 5.41) is 3.64. The van der Waals surface area contributed by atoms with E-state index in [1.165, 1.54) is 11.3 Å². The number of aryl methyl sites for hydroxylation is 1. The summed E-state index contributed by atoms with van der Waals surface area (Å²) in [7, 11) is 0. The molecule has 0 bridgehead atoms. The third-order valence-electron chi connectivity index (χ3n) is 2.69. The van der Waals surface area contributed by atoms with Gasteiger partial charge in [0.1, 0.15) is 10.8 Å². The molecule has 114 valence electrons. The Morgan fingerprint density at radius 1 is 1.38 bits per heavy atom. The number of nitrogens with one attached hydrogen (secondary N) is 1. The van der Waals surface area contributed by atoms with E-state index in [0.29, 0.717) is 0 Å². The van der Waals surface area contributed by atoms with Crippen LogP contribution in [-0.4, -0.2) is 15.0 Å². The highest BCUT2D eigenvalue weighted by Crippen LogP contribution is 2.30. The molecule has 0 saturated carbocycles. The minimum absolute atomic E-state index is 0.0237. The number of aromatic nitrogens is 3. The Morgan fingerprint density at radius 2 is 2.10 bits per heavy atom. The first-order chi connectivity index (χ1) is 9.79. The van der Waals surface area contributed by atoms with Crippen LogP contribution in [-0.2, 0) is 12.6 Å². The number of alkyl halides is 3. The standard InChI is InChI=1S/C12H14F3N5S/c1-3-7-5-17-10(21-7)6(2)18-9-4-8(12(13,14)15)19-11(16)20-9/h4-6H,3H2,1-2H3,(H3,16,18,19,20). The molecule has 0 fully saturated rings. The van der Waals surface area contributed by atoms with E-state index in [1.807, 2.05) is 6.92 Å². The average Bonchev–Trinajstić information content (AvgIpc) is 2.85. The molecule has 0 spiro atoms. The fraction of sp³-hybridized carbons (Fsp3) is 0.417. The molecule has 1 unspecified atom stereocenters. The Kier molecular flexibility index (Phi) is 4.31. The van der Waals surface area contributed by atoms with E-state index in [-0.39, 0.29) is 11.9 Å². The number of nitrogens with two attached hydrogens (primary N) is 1. The number of nitrogens with zero attached hydrogens (tertiary/aromatic N) is 3. The van der Waals surface area contributed by atoms with Gasteiger partial charge < -0.3 is 11.1 Å². The van der Waals surface area contributed by atoms with E-state index in [1.54, 1.807) is 13.1 Å². The van der Waals surface area contributed by atoms with Crippen molar-refractivity contribution < 1.29 is 13.2 Å².